The molecule has 0 fully saturated rings. The number of halogens is 1. The second-order valence-electron chi connectivity index (χ2n) is 5.71. The van der Waals surface area contributed by atoms with Crippen molar-refractivity contribution in [2.45, 2.75) is 6.92 Å². The number of rotatable bonds is 3. The van der Waals surface area contributed by atoms with Crippen molar-refractivity contribution in [2.24, 2.45) is 7.05 Å². The number of anilines is 1. The van der Waals surface area contributed by atoms with Crippen molar-refractivity contribution in [1.29, 1.82) is 5.26 Å². The highest BCUT2D eigenvalue weighted by Crippen LogP contribution is 2.27. The van der Waals surface area contributed by atoms with Gasteiger partial charge in [-0.05, 0) is 43.3 Å². The Labute approximate surface area is 154 Å². The third-order valence-electron chi connectivity index (χ3n) is 4.20. The fourth-order valence-electron chi connectivity index (χ4n) is 2.76. The van der Waals surface area contributed by atoms with E-state index in [2.05, 4.69) is 25.8 Å². The molecule has 0 aliphatic carbocycles. The van der Waals surface area contributed by atoms with Crippen molar-refractivity contribution in [2.75, 3.05) is 5.32 Å². The standard InChI is InChI=1S/C20H16BrN3O/c1-13-18(17-5-3-4-6-19(17)24(13)2)11-14(12-22)20(25)23-16-9-7-15(21)8-10-16/h3-11H,1-2H3,(H,23,25)/b14-11-. The van der Waals surface area contributed by atoms with E-state index in [4.69, 9.17) is 0 Å². The monoisotopic (exact) mass is 393 g/mol. The first-order valence-corrected chi connectivity index (χ1v) is 8.53. The van der Waals surface area contributed by atoms with Gasteiger partial charge in [-0.15, -0.1) is 0 Å². The van der Waals surface area contributed by atoms with Gasteiger partial charge in [-0.3, -0.25) is 4.79 Å². The summed E-state index contributed by atoms with van der Waals surface area (Å²) in [5.41, 5.74) is 3.68. The van der Waals surface area contributed by atoms with Gasteiger partial charge in [0.1, 0.15) is 11.6 Å². The quantitative estimate of drug-likeness (QED) is 0.513. The summed E-state index contributed by atoms with van der Waals surface area (Å²) < 4.78 is 2.98. The van der Waals surface area contributed by atoms with Gasteiger partial charge >= 0.3 is 0 Å². The highest BCUT2D eigenvalue weighted by Gasteiger charge is 2.14. The Hall–Kier alpha value is -2.84. The molecule has 1 N–H and O–H groups in total. The SMILES string of the molecule is Cc1c(/C=C(/C#N)C(=O)Nc2ccc(Br)cc2)c2ccccc2n1C. The summed E-state index contributed by atoms with van der Waals surface area (Å²) in [5, 5.41) is 13.2. The van der Waals surface area contributed by atoms with Crippen LogP contribution in [0.25, 0.3) is 17.0 Å². The number of carbonyl (C=O) groups excluding carboxylic acids is 1. The summed E-state index contributed by atoms with van der Waals surface area (Å²) in [7, 11) is 1.98. The molecular weight excluding hydrogens is 378 g/mol. The van der Waals surface area contributed by atoms with E-state index < -0.39 is 5.91 Å². The number of hydrogen-bond acceptors (Lipinski definition) is 2. The molecule has 3 aromatic rings. The molecule has 0 radical (unpaired) electrons. The van der Waals surface area contributed by atoms with Gasteiger partial charge < -0.3 is 9.88 Å². The molecule has 25 heavy (non-hydrogen) atoms. The van der Waals surface area contributed by atoms with Crippen LogP contribution >= 0.6 is 15.9 Å². The number of amides is 1. The zero-order valence-electron chi connectivity index (χ0n) is 13.9. The molecule has 1 heterocycles. The lowest BCUT2D eigenvalue weighted by molar-refractivity contribution is -0.112. The lowest BCUT2D eigenvalue weighted by atomic mass is 10.1. The molecule has 3 rings (SSSR count). The second-order valence-corrected chi connectivity index (χ2v) is 6.62. The molecule has 1 aromatic heterocycles. The fourth-order valence-corrected chi connectivity index (χ4v) is 3.02. The molecule has 5 heteroatoms. The normalized spacial score (nSPS) is 11.4. The Balaban J connectivity index is 1.98. The minimum Gasteiger partial charge on any atom is -0.347 e. The molecule has 124 valence electrons. The second kappa shape index (κ2) is 6.96. The van der Waals surface area contributed by atoms with Gasteiger partial charge in [-0.1, -0.05) is 34.1 Å². The smallest absolute Gasteiger partial charge is 0.266 e. The number of fused-ring (bicyclic) bond motifs is 1. The minimum absolute atomic E-state index is 0.0716. The van der Waals surface area contributed by atoms with E-state index in [-0.39, 0.29) is 5.57 Å². The predicted octanol–water partition coefficient (Wildman–Crippen LogP) is 4.79. The number of hydrogen-bond donors (Lipinski definition) is 1. The topological polar surface area (TPSA) is 57.8 Å². The van der Waals surface area contributed by atoms with E-state index >= 15 is 0 Å². The van der Waals surface area contributed by atoms with E-state index in [1.807, 2.05) is 56.4 Å². The van der Waals surface area contributed by atoms with Crippen LogP contribution in [0.5, 0.6) is 0 Å². The summed E-state index contributed by atoms with van der Waals surface area (Å²) in [6.07, 6.45) is 1.66. The zero-order valence-corrected chi connectivity index (χ0v) is 15.5. The number of benzene rings is 2. The molecule has 0 aliphatic rings. The van der Waals surface area contributed by atoms with Crippen molar-refractivity contribution in [3.63, 3.8) is 0 Å². The van der Waals surface area contributed by atoms with Crippen LogP contribution in [0.3, 0.4) is 0 Å². The fraction of sp³-hybridized carbons (Fsp3) is 0.100. The lowest BCUT2D eigenvalue weighted by Gasteiger charge is -2.04. The van der Waals surface area contributed by atoms with E-state index in [1.54, 1.807) is 18.2 Å². The summed E-state index contributed by atoms with van der Waals surface area (Å²) >= 11 is 3.35. The minimum atomic E-state index is -0.419. The third-order valence-corrected chi connectivity index (χ3v) is 4.73. The molecule has 0 saturated carbocycles. The van der Waals surface area contributed by atoms with Crippen LogP contribution in [0, 0.1) is 18.3 Å². The number of nitriles is 1. The molecule has 0 atom stereocenters. The van der Waals surface area contributed by atoms with Gasteiger partial charge in [-0.25, -0.2) is 0 Å². The number of carbonyl (C=O) groups is 1. The van der Waals surface area contributed by atoms with Crippen LogP contribution in [0.15, 0.2) is 58.6 Å². The summed E-state index contributed by atoms with van der Waals surface area (Å²) in [6.45, 7) is 1.98. The Kier molecular flexibility index (Phi) is 4.73. The van der Waals surface area contributed by atoms with Gasteiger partial charge in [0, 0.05) is 39.4 Å². The maximum atomic E-state index is 12.5. The molecule has 0 saturated heterocycles. The van der Waals surface area contributed by atoms with Gasteiger partial charge in [0.05, 0.1) is 0 Å². The summed E-state index contributed by atoms with van der Waals surface area (Å²) in [6, 6.07) is 17.2. The Morgan fingerprint density at radius 1 is 1.20 bits per heavy atom. The third kappa shape index (κ3) is 3.35. The zero-order chi connectivity index (χ0) is 18.0. The number of aromatic nitrogens is 1. The van der Waals surface area contributed by atoms with Crippen LogP contribution < -0.4 is 5.32 Å². The average Bonchev–Trinajstić information content (AvgIpc) is 2.86. The predicted molar refractivity (Wildman–Crippen MR) is 104 cm³/mol. The molecule has 0 unspecified atom stereocenters. The van der Waals surface area contributed by atoms with Crippen molar-refractivity contribution < 1.29 is 4.79 Å². The molecule has 0 bridgehead atoms. The van der Waals surface area contributed by atoms with E-state index in [0.717, 1.165) is 26.6 Å². The first-order chi connectivity index (χ1) is 12.0. The molecule has 0 aliphatic heterocycles. The van der Waals surface area contributed by atoms with Crippen LogP contribution in [0.4, 0.5) is 5.69 Å². The maximum Gasteiger partial charge on any atom is 0.266 e. The molecule has 2 aromatic carbocycles. The van der Waals surface area contributed by atoms with Gasteiger partial charge in [0.25, 0.3) is 5.91 Å². The number of para-hydroxylation sites is 1. The highest BCUT2D eigenvalue weighted by molar-refractivity contribution is 9.10. The van der Waals surface area contributed by atoms with E-state index in [1.165, 1.54) is 0 Å². The average molecular weight is 394 g/mol. The van der Waals surface area contributed by atoms with Gasteiger partial charge in [0.15, 0.2) is 0 Å². The van der Waals surface area contributed by atoms with Gasteiger partial charge in [0.2, 0.25) is 0 Å². The van der Waals surface area contributed by atoms with Gasteiger partial charge in [-0.2, -0.15) is 5.26 Å². The number of aryl methyl sites for hydroxylation is 1. The van der Waals surface area contributed by atoms with Crippen molar-refractivity contribution in [3.8, 4) is 6.07 Å². The molecule has 4 nitrogen and oxygen atoms in total. The van der Waals surface area contributed by atoms with Crippen LogP contribution in [0.1, 0.15) is 11.3 Å². The van der Waals surface area contributed by atoms with Crippen molar-refractivity contribution in [3.05, 3.63) is 69.8 Å². The van der Waals surface area contributed by atoms with Crippen LogP contribution in [-0.2, 0) is 11.8 Å². The molecule has 1 amide bonds. The Morgan fingerprint density at radius 3 is 2.56 bits per heavy atom. The van der Waals surface area contributed by atoms with Crippen molar-refractivity contribution in [1.82, 2.24) is 4.57 Å². The Bertz CT molecular complexity index is 1020. The number of nitrogens with one attached hydrogen (secondary N) is 1. The maximum absolute atomic E-state index is 12.5. The molecule has 0 spiro atoms. The lowest BCUT2D eigenvalue weighted by Crippen LogP contribution is -2.13. The summed E-state index contributed by atoms with van der Waals surface area (Å²) in [5.74, 6) is -0.419. The number of nitrogens with zero attached hydrogens (tertiary/aromatic N) is 2. The van der Waals surface area contributed by atoms with E-state index in [0.29, 0.717) is 5.69 Å². The van der Waals surface area contributed by atoms with Crippen LogP contribution in [-0.4, -0.2) is 10.5 Å². The summed E-state index contributed by atoms with van der Waals surface area (Å²) in [4.78, 5) is 12.5. The van der Waals surface area contributed by atoms with E-state index in [9.17, 15) is 10.1 Å². The highest BCUT2D eigenvalue weighted by atomic mass is 79.9. The first-order valence-electron chi connectivity index (χ1n) is 7.74. The van der Waals surface area contributed by atoms with Crippen molar-refractivity contribution >= 4 is 44.5 Å². The first kappa shape index (κ1) is 17.0. The van der Waals surface area contributed by atoms with Crippen LogP contribution in [0.2, 0.25) is 0 Å². The largest absolute Gasteiger partial charge is 0.347 e. The Morgan fingerprint density at radius 2 is 1.88 bits per heavy atom. The molecular formula is C20H16BrN3O.